The number of hydrogen-bond donors (Lipinski definition) is 2. The van der Waals surface area contributed by atoms with Crippen LogP contribution < -0.4 is 52.6 Å². The summed E-state index contributed by atoms with van der Waals surface area (Å²) < 4.78 is 83.9. The smallest absolute Gasteiger partial charge is 0.422 e. The standard InChI is InChI=1S/2C14H12IO2.2C4H5F3O3.C4H12N.CH2Cl2.CH4/c2*1-17-14(16)12-9-5-6-10-13(12)15-11-7-3-2-4-8-11;2*1-3(10,2(8)9)4(5,6)7;1-5(2,3)4;2-1-3;/h2*2-10H,1H3;2*10H,1H3,(H,8,9);1-4H3;1H2;1H4/q2*+1;;;+1;;/p-2. The van der Waals surface area contributed by atoms with E-state index >= 15 is 0 Å². The van der Waals surface area contributed by atoms with Crippen molar-refractivity contribution in [1.82, 2.24) is 0 Å². The first-order valence-electron chi connectivity index (χ1n) is 17.1. The quantitative estimate of drug-likeness (QED) is 0.0784. The number of alkyl halides is 8. The molecule has 4 aromatic carbocycles. The molecule has 11 nitrogen and oxygen atoms in total. The van der Waals surface area contributed by atoms with Crippen LogP contribution >= 0.6 is 23.2 Å². The van der Waals surface area contributed by atoms with Crippen LogP contribution in [0.5, 0.6) is 0 Å². The number of ether oxygens (including phenoxy) is 2. The van der Waals surface area contributed by atoms with Crippen LogP contribution in [0, 0.1) is 14.3 Å². The lowest BCUT2D eigenvalue weighted by molar-refractivity contribution is -0.849. The second kappa shape index (κ2) is 30.4. The van der Waals surface area contributed by atoms with Gasteiger partial charge in [-0.2, -0.15) is 26.3 Å². The highest BCUT2D eigenvalue weighted by atomic mass is 127. The molecule has 0 aliphatic carbocycles. The van der Waals surface area contributed by atoms with E-state index in [-0.39, 0.29) is 81.0 Å². The third-order valence-electron chi connectivity index (χ3n) is 6.35. The van der Waals surface area contributed by atoms with Crippen molar-refractivity contribution in [2.75, 3.05) is 47.7 Å². The Kier molecular flexibility index (Phi) is 30.7. The molecule has 63 heavy (non-hydrogen) atoms. The molecule has 4 aromatic rings. The molecular weight excluding hydrogens is 1120 g/mol. The number of quaternary nitrogens is 1. The van der Waals surface area contributed by atoms with E-state index in [1.54, 1.807) is 0 Å². The van der Waals surface area contributed by atoms with Gasteiger partial charge in [0.05, 0.1) is 59.7 Å². The predicted octanol–water partition coefficient (Wildman–Crippen LogP) is -0.318. The van der Waals surface area contributed by atoms with Gasteiger partial charge >= 0.3 is 66.7 Å². The molecule has 2 atom stereocenters. The number of carboxylic acids is 2. The first-order chi connectivity index (χ1) is 28.4. The molecule has 0 saturated carbocycles. The fourth-order valence-corrected chi connectivity index (χ4v) is 8.11. The zero-order valence-electron chi connectivity index (χ0n) is 34.5. The lowest BCUT2D eigenvalue weighted by Gasteiger charge is -2.26. The van der Waals surface area contributed by atoms with Crippen molar-refractivity contribution >= 4 is 47.1 Å². The Morgan fingerprint density at radius 3 is 0.984 bits per heavy atom. The Labute approximate surface area is 394 Å². The molecule has 352 valence electrons. The second-order valence-electron chi connectivity index (χ2n) is 13.2. The highest BCUT2D eigenvalue weighted by Gasteiger charge is 2.52. The predicted molar refractivity (Wildman–Crippen MR) is 214 cm³/mol. The van der Waals surface area contributed by atoms with Crippen LogP contribution in [0.1, 0.15) is 42.0 Å². The monoisotopic (exact) mass is 1170 g/mol. The van der Waals surface area contributed by atoms with Gasteiger partial charge in [0.15, 0.2) is 18.3 Å². The van der Waals surface area contributed by atoms with E-state index in [1.807, 2.05) is 84.9 Å². The van der Waals surface area contributed by atoms with Crippen LogP contribution in [0.15, 0.2) is 109 Å². The van der Waals surface area contributed by atoms with Crippen LogP contribution in [0.25, 0.3) is 0 Å². The lowest BCUT2D eigenvalue weighted by atomic mass is 10.1. The van der Waals surface area contributed by atoms with E-state index in [4.69, 9.17) is 42.9 Å². The summed E-state index contributed by atoms with van der Waals surface area (Å²) in [6.07, 6.45) is -10.4. The first-order valence-corrected chi connectivity index (χ1v) is 22.5. The van der Waals surface area contributed by atoms with E-state index in [1.165, 1.54) is 21.4 Å². The molecule has 21 heteroatoms. The minimum Gasteiger partial charge on any atom is -0.547 e. The molecule has 0 bridgehead atoms. The van der Waals surface area contributed by atoms with E-state index in [0.29, 0.717) is 11.1 Å². The van der Waals surface area contributed by atoms with E-state index < -0.39 is 35.5 Å². The lowest BCUT2D eigenvalue weighted by Crippen LogP contribution is -3.61. The number of methoxy groups -OCH3 is 2. The summed E-state index contributed by atoms with van der Waals surface area (Å²) in [7, 11) is 11.3. The largest absolute Gasteiger partial charge is 0.547 e. The molecule has 0 heterocycles. The Morgan fingerprint density at radius 2 is 0.794 bits per heavy atom. The van der Waals surface area contributed by atoms with Crippen molar-refractivity contribution in [1.29, 1.82) is 0 Å². The fourth-order valence-electron chi connectivity index (χ4n) is 3.06. The maximum atomic E-state index is 11.6. The van der Waals surface area contributed by atoms with Crippen LogP contribution in [-0.2, 0) is 19.1 Å². The average Bonchev–Trinajstić information content (AvgIpc) is 3.18. The van der Waals surface area contributed by atoms with Crippen molar-refractivity contribution in [2.45, 2.75) is 44.8 Å². The van der Waals surface area contributed by atoms with E-state index in [2.05, 4.69) is 52.5 Å². The van der Waals surface area contributed by atoms with Crippen molar-refractivity contribution in [2.24, 2.45) is 0 Å². The Morgan fingerprint density at radius 1 is 0.571 bits per heavy atom. The molecule has 0 radical (unpaired) electrons. The molecule has 0 spiro atoms. The molecule has 0 amide bonds. The van der Waals surface area contributed by atoms with Crippen LogP contribution in [0.3, 0.4) is 0 Å². The number of hydrogen-bond acceptors (Lipinski definition) is 10. The number of halogens is 10. The van der Waals surface area contributed by atoms with Crippen molar-refractivity contribution < 1.29 is 122 Å². The van der Waals surface area contributed by atoms with Gasteiger partial charge in [0.1, 0.15) is 11.1 Å². The molecule has 0 fully saturated rings. The molecule has 0 aliphatic rings. The average molecular weight is 1170 g/mol. The molecule has 4 rings (SSSR count). The number of rotatable bonds is 8. The Balaban J connectivity index is -0.000000735. The zero-order valence-corrected chi connectivity index (χ0v) is 40.3. The van der Waals surface area contributed by atoms with Crippen LogP contribution in [0.4, 0.5) is 26.3 Å². The maximum absolute atomic E-state index is 11.6. The SMILES string of the molecule is C.CC(O)(C(=O)[O-])C(F)(F)F.CC(O)(C(=O)[O-])C(F)(F)F.COC(=O)c1ccccc1[I+]c1ccccc1.COC(=O)c1ccccc1[I+]c1ccccc1.C[N+](C)(C)C.ClCCl. The number of nitrogens with zero attached hydrogens (tertiary/aromatic N) is 1. The summed E-state index contributed by atoms with van der Waals surface area (Å²) in [4.78, 5) is 42.4. The Bertz CT molecular complexity index is 1810. The highest BCUT2D eigenvalue weighted by Crippen LogP contribution is 2.29. The summed E-state index contributed by atoms with van der Waals surface area (Å²) >= 11 is 8.86. The number of benzene rings is 4. The molecular formula is C42H50Cl2F6I2NO10+. The van der Waals surface area contributed by atoms with Gasteiger partial charge in [0.25, 0.3) is 0 Å². The first kappa shape index (κ1) is 63.5. The molecule has 0 saturated heterocycles. The van der Waals surface area contributed by atoms with Gasteiger partial charge in [0.2, 0.25) is 7.14 Å². The molecule has 2 unspecified atom stereocenters. The van der Waals surface area contributed by atoms with Gasteiger partial charge in [0, 0.05) is 0 Å². The second-order valence-corrected chi connectivity index (χ2v) is 19.9. The summed E-state index contributed by atoms with van der Waals surface area (Å²) in [5.74, 6) is -5.62. The number of carbonyl (C=O) groups excluding carboxylic acids is 4. The van der Waals surface area contributed by atoms with Crippen LogP contribution in [0.2, 0.25) is 0 Å². The van der Waals surface area contributed by atoms with Crippen molar-refractivity contribution in [3.05, 3.63) is 135 Å². The normalized spacial score (nSPS) is 12.3. The van der Waals surface area contributed by atoms with Gasteiger partial charge in [-0.3, -0.25) is 0 Å². The van der Waals surface area contributed by atoms with Crippen molar-refractivity contribution in [3.8, 4) is 0 Å². The van der Waals surface area contributed by atoms with Gasteiger partial charge < -0.3 is 44.0 Å². The minimum atomic E-state index is -5.19. The Hall–Kier alpha value is -3.74. The summed E-state index contributed by atoms with van der Waals surface area (Å²) in [6.45, 7) is 0.227. The summed E-state index contributed by atoms with van der Waals surface area (Å²) in [5, 5.41) is 35.7. The summed E-state index contributed by atoms with van der Waals surface area (Å²) in [6, 6.07) is 35.8. The third kappa shape index (κ3) is 26.0. The molecule has 0 aromatic heterocycles. The maximum Gasteiger partial charge on any atom is 0.422 e. The molecule has 0 aliphatic heterocycles. The van der Waals surface area contributed by atoms with E-state index in [0.717, 1.165) is 11.6 Å². The topological polar surface area (TPSA) is 173 Å². The third-order valence-corrected chi connectivity index (χ3v) is 12.1. The number of carbonyl (C=O) groups is 4. The van der Waals surface area contributed by atoms with Gasteiger partial charge in [-0.15, -0.1) is 23.2 Å². The molecule has 2 N–H and O–H groups in total. The van der Waals surface area contributed by atoms with Crippen LogP contribution in [-0.4, -0.2) is 110 Å². The zero-order chi connectivity index (χ0) is 48.5. The number of aliphatic carboxylic acids is 2. The van der Waals surface area contributed by atoms with Gasteiger partial charge in [-0.05, 0) is 62.4 Å². The number of esters is 2. The van der Waals surface area contributed by atoms with Crippen molar-refractivity contribution in [3.63, 3.8) is 0 Å². The van der Waals surface area contributed by atoms with Gasteiger partial charge in [-0.25, -0.2) is 9.59 Å². The fraction of sp³-hybridized carbons (Fsp3) is 0.333. The summed E-state index contributed by atoms with van der Waals surface area (Å²) in [5.41, 5.74) is -6.14. The highest BCUT2D eigenvalue weighted by molar-refractivity contribution is 6.40. The van der Waals surface area contributed by atoms with Gasteiger partial charge in [-0.1, -0.05) is 68.1 Å². The number of carboxylic acid groups (broad SMARTS) is 2. The number of aliphatic hydroxyl groups is 2. The minimum absolute atomic E-state index is 0. The van der Waals surface area contributed by atoms with E-state index in [9.17, 15) is 55.7 Å².